The third kappa shape index (κ3) is 5.71. The largest absolute Gasteiger partial charge is 0.415 e. The highest BCUT2D eigenvalue weighted by Gasteiger charge is 2.22. The number of hydrogen-bond donors (Lipinski definition) is 0. The number of alkyl halides is 1. The van der Waals surface area contributed by atoms with Crippen LogP contribution in [0.5, 0.6) is 0 Å². The highest BCUT2D eigenvalue weighted by atomic mass is 127. The summed E-state index contributed by atoms with van der Waals surface area (Å²) in [5.41, 5.74) is 0. The zero-order valence-corrected chi connectivity index (χ0v) is 12.8. The lowest BCUT2D eigenvalue weighted by molar-refractivity contribution is 0.161. The maximum absolute atomic E-state index is 6.19. The van der Waals surface area contributed by atoms with E-state index in [2.05, 4.69) is 42.2 Å². The molecule has 0 aromatic carbocycles. The van der Waals surface area contributed by atoms with E-state index in [1.54, 1.807) is 0 Å². The van der Waals surface area contributed by atoms with Gasteiger partial charge in [-0.2, -0.15) is 0 Å². The van der Waals surface area contributed by atoms with Gasteiger partial charge in [-0.1, -0.05) is 22.6 Å². The molecule has 84 valence electrons. The monoisotopic (exact) mass is 326 g/mol. The minimum atomic E-state index is -1.30. The van der Waals surface area contributed by atoms with Crippen LogP contribution in [0.4, 0.5) is 0 Å². The topological polar surface area (TPSA) is 9.23 Å². The van der Waals surface area contributed by atoms with Crippen molar-refractivity contribution in [2.45, 2.75) is 68.2 Å². The first-order chi connectivity index (χ1) is 6.47. The van der Waals surface area contributed by atoms with Crippen molar-refractivity contribution in [3.63, 3.8) is 0 Å². The van der Waals surface area contributed by atoms with Gasteiger partial charge in [0.25, 0.3) is 0 Å². The van der Waals surface area contributed by atoms with Gasteiger partial charge in [-0.3, -0.25) is 0 Å². The summed E-state index contributed by atoms with van der Waals surface area (Å²) >= 11 is 2.60. The van der Waals surface area contributed by atoms with Crippen molar-refractivity contribution in [3.05, 3.63) is 0 Å². The van der Waals surface area contributed by atoms with Gasteiger partial charge in [0.2, 0.25) is 0 Å². The summed E-state index contributed by atoms with van der Waals surface area (Å²) in [6.45, 7) is 6.90. The maximum Gasteiger partial charge on any atom is 0.184 e. The number of rotatable bonds is 2. The first-order valence-corrected chi connectivity index (χ1v) is 10.4. The second-order valence-corrected chi connectivity index (χ2v) is 11.5. The average Bonchev–Trinajstić information content (AvgIpc) is 1.97. The third-order valence-corrected chi connectivity index (χ3v) is 4.89. The van der Waals surface area contributed by atoms with E-state index >= 15 is 0 Å². The molecule has 1 rings (SSSR count). The minimum absolute atomic E-state index is 0.575. The van der Waals surface area contributed by atoms with Crippen molar-refractivity contribution in [1.82, 2.24) is 0 Å². The molecular weight excluding hydrogens is 303 g/mol. The van der Waals surface area contributed by atoms with E-state index in [4.69, 9.17) is 4.43 Å². The standard InChI is InChI=1S/C11H23IOSi/c1-14(2,3)13-11-8-4-6-10(12)7-5-9-11/h10-11H,4-9H2,1-3H3. The van der Waals surface area contributed by atoms with Crippen LogP contribution in [0.25, 0.3) is 0 Å². The summed E-state index contributed by atoms with van der Waals surface area (Å²) < 4.78 is 7.10. The van der Waals surface area contributed by atoms with E-state index in [9.17, 15) is 0 Å². The Hall–Kier alpha value is 0.907. The molecule has 0 aromatic rings. The van der Waals surface area contributed by atoms with Crippen molar-refractivity contribution in [2.75, 3.05) is 0 Å². The molecule has 1 fully saturated rings. The van der Waals surface area contributed by atoms with Gasteiger partial charge in [0.05, 0.1) is 0 Å². The molecule has 0 aromatic heterocycles. The fraction of sp³-hybridized carbons (Fsp3) is 1.00. The molecule has 3 heteroatoms. The van der Waals surface area contributed by atoms with Crippen molar-refractivity contribution >= 4 is 30.9 Å². The predicted octanol–water partition coefficient (Wildman–Crippen LogP) is 4.36. The zero-order chi connectivity index (χ0) is 10.6. The molecule has 0 aliphatic heterocycles. The van der Waals surface area contributed by atoms with Gasteiger partial charge < -0.3 is 4.43 Å². The van der Waals surface area contributed by atoms with Crippen LogP contribution in [-0.2, 0) is 4.43 Å². The molecule has 0 saturated heterocycles. The van der Waals surface area contributed by atoms with Crippen molar-refractivity contribution < 1.29 is 4.43 Å². The second kappa shape index (κ2) is 5.85. The van der Waals surface area contributed by atoms with E-state index < -0.39 is 8.32 Å². The van der Waals surface area contributed by atoms with E-state index in [0.717, 1.165) is 3.92 Å². The highest BCUT2D eigenvalue weighted by Crippen LogP contribution is 2.26. The molecule has 0 N–H and O–H groups in total. The first-order valence-electron chi connectivity index (χ1n) is 5.79. The Morgan fingerprint density at radius 1 is 1.00 bits per heavy atom. The SMILES string of the molecule is C[Si](C)(C)OC1CCCC(I)CCC1. The van der Waals surface area contributed by atoms with Crippen LogP contribution in [0.1, 0.15) is 38.5 Å². The zero-order valence-electron chi connectivity index (χ0n) is 9.68. The Morgan fingerprint density at radius 2 is 1.50 bits per heavy atom. The van der Waals surface area contributed by atoms with Crippen LogP contribution < -0.4 is 0 Å². The third-order valence-electron chi connectivity index (χ3n) is 2.61. The minimum Gasteiger partial charge on any atom is -0.415 e. The summed E-state index contributed by atoms with van der Waals surface area (Å²) in [4.78, 5) is 0. The number of halogens is 1. The quantitative estimate of drug-likeness (QED) is 0.416. The van der Waals surface area contributed by atoms with Crippen LogP contribution in [0.2, 0.25) is 19.6 Å². The molecule has 1 nitrogen and oxygen atoms in total. The molecular formula is C11H23IOSi. The highest BCUT2D eigenvalue weighted by molar-refractivity contribution is 14.1. The van der Waals surface area contributed by atoms with Crippen molar-refractivity contribution in [1.29, 1.82) is 0 Å². The van der Waals surface area contributed by atoms with Gasteiger partial charge in [-0.05, 0) is 58.2 Å². The summed E-state index contributed by atoms with van der Waals surface area (Å²) in [7, 11) is -1.30. The summed E-state index contributed by atoms with van der Waals surface area (Å²) in [5.74, 6) is 0. The lowest BCUT2D eigenvalue weighted by Gasteiger charge is -2.28. The first kappa shape index (κ1) is 13.0. The molecule has 0 unspecified atom stereocenters. The Labute approximate surface area is 103 Å². The van der Waals surface area contributed by atoms with Crippen LogP contribution >= 0.6 is 22.6 Å². The Bertz CT molecular complexity index is 157. The van der Waals surface area contributed by atoms with Gasteiger partial charge in [0.15, 0.2) is 8.32 Å². The maximum atomic E-state index is 6.19. The molecule has 0 bridgehead atoms. The van der Waals surface area contributed by atoms with Crippen LogP contribution in [0, 0.1) is 0 Å². The molecule has 0 radical (unpaired) electrons. The van der Waals surface area contributed by atoms with Crippen LogP contribution in [0.15, 0.2) is 0 Å². The van der Waals surface area contributed by atoms with Crippen molar-refractivity contribution in [3.8, 4) is 0 Å². The normalized spacial score (nSPS) is 30.9. The van der Waals surface area contributed by atoms with Gasteiger partial charge in [-0.25, -0.2) is 0 Å². The van der Waals surface area contributed by atoms with Crippen molar-refractivity contribution in [2.24, 2.45) is 0 Å². The summed E-state index contributed by atoms with van der Waals surface area (Å²) in [5, 5.41) is 0. The van der Waals surface area contributed by atoms with E-state index in [1.165, 1.54) is 38.5 Å². The average molecular weight is 326 g/mol. The molecule has 1 aliphatic rings. The Balaban J connectivity index is 2.32. The fourth-order valence-corrected chi connectivity index (χ4v) is 4.16. The van der Waals surface area contributed by atoms with E-state index in [-0.39, 0.29) is 0 Å². The summed E-state index contributed by atoms with van der Waals surface area (Å²) in [6, 6.07) is 0. The molecule has 0 atom stereocenters. The van der Waals surface area contributed by atoms with Gasteiger partial charge in [-0.15, -0.1) is 0 Å². The lowest BCUT2D eigenvalue weighted by atomic mass is 9.99. The molecule has 14 heavy (non-hydrogen) atoms. The number of hydrogen-bond acceptors (Lipinski definition) is 1. The second-order valence-electron chi connectivity index (χ2n) is 5.31. The van der Waals surface area contributed by atoms with Gasteiger partial charge in [0, 0.05) is 10.0 Å². The Kier molecular flexibility index (Phi) is 5.42. The molecule has 1 saturated carbocycles. The summed E-state index contributed by atoms with van der Waals surface area (Å²) in [6.07, 6.45) is 8.68. The van der Waals surface area contributed by atoms with Crippen LogP contribution in [-0.4, -0.2) is 18.3 Å². The van der Waals surface area contributed by atoms with Gasteiger partial charge in [0.1, 0.15) is 0 Å². The lowest BCUT2D eigenvalue weighted by Crippen LogP contribution is -2.32. The smallest absolute Gasteiger partial charge is 0.184 e. The van der Waals surface area contributed by atoms with E-state index in [0.29, 0.717) is 6.10 Å². The predicted molar refractivity (Wildman–Crippen MR) is 73.7 cm³/mol. The Morgan fingerprint density at radius 3 is 1.93 bits per heavy atom. The molecule has 1 aliphatic carbocycles. The van der Waals surface area contributed by atoms with E-state index in [1.807, 2.05) is 0 Å². The fourth-order valence-electron chi connectivity index (χ4n) is 2.04. The van der Waals surface area contributed by atoms with Crippen LogP contribution in [0.3, 0.4) is 0 Å². The van der Waals surface area contributed by atoms with Gasteiger partial charge >= 0.3 is 0 Å². The molecule has 0 heterocycles. The molecule has 0 amide bonds. The molecule has 0 spiro atoms.